The third-order valence-electron chi connectivity index (χ3n) is 4.08. The summed E-state index contributed by atoms with van der Waals surface area (Å²) in [4.78, 5) is 21.3. The van der Waals surface area contributed by atoms with Crippen molar-refractivity contribution in [3.63, 3.8) is 0 Å². The number of rotatable bonds is 8. The van der Waals surface area contributed by atoms with E-state index in [0.29, 0.717) is 22.8 Å². The normalized spacial score (nSPS) is 11.1. The number of anilines is 2. The van der Waals surface area contributed by atoms with Gasteiger partial charge in [0.25, 0.3) is 10.0 Å². The Labute approximate surface area is 185 Å². The van der Waals surface area contributed by atoms with Crippen LogP contribution in [0.15, 0.2) is 64.4 Å². The van der Waals surface area contributed by atoms with Crippen LogP contribution in [0.25, 0.3) is 0 Å². The number of hydrogen-bond acceptors (Lipinski definition) is 7. The van der Waals surface area contributed by atoms with Crippen molar-refractivity contribution in [3.8, 4) is 5.75 Å². The Hall–Kier alpha value is -3.11. The third kappa shape index (κ3) is 6.19. The molecule has 0 unspecified atom stereocenters. The number of aryl methyl sites for hydroxylation is 2. The highest BCUT2D eigenvalue weighted by atomic mass is 32.2. The molecule has 0 bridgehead atoms. The van der Waals surface area contributed by atoms with E-state index in [1.807, 2.05) is 24.3 Å². The molecule has 2 aromatic carbocycles. The van der Waals surface area contributed by atoms with Crippen molar-refractivity contribution in [2.45, 2.75) is 23.6 Å². The molecule has 31 heavy (non-hydrogen) atoms. The molecular formula is C21H22N4O4S2. The van der Waals surface area contributed by atoms with Gasteiger partial charge in [0.15, 0.2) is 0 Å². The molecule has 0 aliphatic rings. The van der Waals surface area contributed by atoms with Gasteiger partial charge in [-0.3, -0.25) is 4.79 Å². The van der Waals surface area contributed by atoms with Crippen LogP contribution in [0, 0.1) is 13.8 Å². The van der Waals surface area contributed by atoms with E-state index in [9.17, 15) is 13.2 Å². The van der Waals surface area contributed by atoms with Crippen molar-refractivity contribution < 1.29 is 17.9 Å². The Morgan fingerprint density at radius 1 is 1.03 bits per heavy atom. The number of hydrogen-bond donors (Lipinski definition) is 2. The smallest absolute Gasteiger partial charge is 0.264 e. The highest BCUT2D eigenvalue weighted by molar-refractivity contribution is 8.00. The predicted molar refractivity (Wildman–Crippen MR) is 121 cm³/mol. The lowest BCUT2D eigenvalue weighted by atomic mass is 10.3. The number of nitrogens with one attached hydrogen (secondary N) is 2. The molecule has 0 radical (unpaired) electrons. The van der Waals surface area contributed by atoms with Gasteiger partial charge in [-0.05, 0) is 56.3 Å². The van der Waals surface area contributed by atoms with E-state index in [4.69, 9.17) is 4.74 Å². The quantitative estimate of drug-likeness (QED) is 0.496. The van der Waals surface area contributed by atoms with E-state index < -0.39 is 10.0 Å². The molecule has 3 rings (SSSR count). The molecule has 3 aromatic rings. The molecule has 0 aliphatic heterocycles. The van der Waals surface area contributed by atoms with E-state index in [2.05, 4.69) is 20.0 Å². The summed E-state index contributed by atoms with van der Waals surface area (Å²) in [5.74, 6) is 0.693. The minimum absolute atomic E-state index is 0.0169. The van der Waals surface area contributed by atoms with Crippen LogP contribution in [0.4, 0.5) is 11.6 Å². The Morgan fingerprint density at radius 2 is 1.68 bits per heavy atom. The third-order valence-corrected chi connectivity index (χ3v) is 6.48. The van der Waals surface area contributed by atoms with Crippen LogP contribution in [0.3, 0.4) is 0 Å². The van der Waals surface area contributed by atoms with Crippen molar-refractivity contribution in [3.05, 3.63) is 66.0 Å². The molecule has 0 fully saturated rings. The van der Waals surface area contributed by atoms with Crippen LogP contribution in [0.5, 0.6) is 5.75 Å². The molecule has 0 atom stereocenters. The molecule has 10 heteroatoms. The lowest BCUT2D eigenvalue weighted by Crippen LogP contribution is -2.16. The maximum atomic E-state index is 12.6. The van der Waals surface area contributed by atoms with E-state index in [1.54, 1.807) is 27.0 Å². The second kappa shape index (κ2) is 9.80. The first kappa shape index (κ1) is 22.6. The molecule has 1 heterocycles. The Bertz CT molecular complexity index is 1160. The fourth-order valence-electron chi connectivity index (χ4n) is 2.75. The number of aromatic nitrogens is 2. The number of carbonyl (C=O) groups is 1. The monoisotopic (exact) mass is 458 g/mol. The Morgan fingerprint density at radius 3 is 2.32 bits per heavy atom. The maximum absolute atomic E-state index is 12.6. The predicted octanol–water partition coefficient (Wildman–Crippen LogP) is 3.63. The fourth-order valence-corrected chi connectivity index (χ4v) is 4.52. The average Bonchev–Trinajstić information content (AvgIpc) is 2.71. The number of ether oxygens (including phenoxy) is 1. The first-order chi connectivity index (χ1) is 14.8. The van der Waals surface area contributed by atoms with Crippen LogP contribution < -0.4 is 14.8 Å². The summed E-state index contributed by atoms with van der Waals surface area (Å²) in [6.07, 6.45) is 0. The lowest BCUT2D eigenvalue weighted by molar-refractivity contribution is -0.113. The van der Waals surface area contributed by atoms with Gasteiger partial charge < -0.3 is 10.1 Å². The largest absolute Gasteiger partial charge is 0.496 e. The molecule has 0 spiro atoms. The number of para-hydroxylation sites is 1. The van der Waals surface area contributed by atoms with Crippen molar-refractivity contribution in [2.75, 3.05) is 22.9 Å². The summed E-state index contributed by atoms with van der Waals surface area (Å²) >= 11 is 1.35. The number of sulfonamides is 1. The Balaban J connectivity index is 1.62. The minimum Gasteiger partial charge on any atom is -0.496 e. The summed E-state index contributed by atoms with van der Waals surface area (Å²) < 4.78 is 32.8. The second-order valence-electron chi connectivity index (χ2n) is 6.59. The van der Waals surface area contributed by atoms with Gasteiger partial charge >= 0.3 is 0 Å². The highest BCUT2D eigenvalue weighted by Crippen LogP contribution is 2.28. The highest BCUT2D eigenvalue weighted by Gasteiger charge is 2.16. The van der Waals surface area contributed by atoms with Crippen molar-refractivity contribution >= 4 is 39.3 Å². The maximum Gasteiger partial charge on any atom is 0.264 e. The number of nitrogens with zero attached hydrogens (tertiary/aromatic N) is 2. The summed E-state index contributed by atoms with van der Waals surface area (Å²) in [6, 6.07) is 15.1. The first-order valence-corrected chi connectivity index (χ1v) is 11.7. The second-order valence-corrected chi connectivity index (χ2v) is 9.29. The summed E-state index contributed by atoms with van der Waals surface area (Å²) in [6.45, 7) is 3.52. The van der Waals surface area contributed by atoms with Crippen molar-refractivity contribution in [1.82, 2.24) is 9.97 Å². The molecule has 1 aromatic heterocycles. The minimum atomic E-state index is -3.85. The van der Waals surface area contributed by atoms with E-state index in [-0.39, 0.29) is 22.5 Å². The van der Waals surface area contributed by atoms with Gasteiger partial charge in [0, 0.05) is 22.0 Å². The van der Waals surface area contributed by atoms with Gasteiger partial charge in [0.2, 0.25) is 11.9 Å². The van der Waals surface area contributed by atoms with E-state index >= 15 is 0 Å². The van der Waals surface area contributed by atoms with E-state index in [1.165, 1.54) is 36.0 Å². The summed E-state index contributed by atoms with van der Waals surface area (Å²) in [5, 5.41) is 2.75. The SMILES string of the molecule is COc1ccccc1SCC(=O)Nc1ccc(S(=O)(=O)Nc2nc(C)cc(C)n2)cc1. The van der Waals surface area contributed by atoms with Crippen LogP contribution in [-0.4, -0.2) is 37.2 Å². The van der Waals surface area contributed by atoms with Crippen molar-refractivity contribution in [1.29, 1.82) is 0 Å². The van der Waals surface area contributed by atoms with Gasteiger partial charge in [-0.1, -0.05) is 12.1 Å². The standard InChI is InChI=1S/C21H22N4O4S2/c1-14-12-15(2)23-21(22-14)25-31(27,28)17-10-8-16(9-11-17)24-20(26)13-30-19-7-5-4-6-18(19)29-3/h4-12H,13H2,1-3H3,(H,24,26)(H,22,23,25). The average molecular weight is 459 g/mol. The molecule has 0 saturated heterocycles. The topological polar surface area (TPSA) is 110 Å². The fraction of sp³-hybridized carbons (Fsp3) is 0.190. The first-order valence-electron chi connectivity index (χ1n) is 9.27. The van der Waals surface area contributed by atoms with Gasteiger partial charge in [-0.2, -0.15) is 0 Å². The zero-order valence-corrected chi connectivity index (χ0v) is 18.9. The van der Waals surface area contributed by atoms with Crippen LogP contribution in [-0.2, 0) is 14.8 Å². The van der Waals surface area contributed by atoms with Gasteiger partial charge in [-0.15, -0.1) is 11.8 Å². The van der Waals surface area contributed by atoms with Gasteiger partial charge in [-0.25, -0.2) is 23.1 Å². The molecule has 8 nitrogen and oxygen atoms in total. The summed E-state index contributed by atoms with van der Waals surface area (Å²) in [7, 11) is -2.27. The zero-order valence-electron chi connectivity index (χ0n) is 17.2. The molecular weight excluding hydrogens is 436 g/mol. The van der Waals surface area contributed by atoms with Crippen molar-refractivity contribution in [2.24, 2.45) is 0 Å². The molecule has 2 N–H and O–H groups in total. The summed E-state index contributed by atoms with van der Waals surface area (Å²) in [5.41, 5.74) is 1.82. The molecule has 162 valence electrons. The lowest BCUT2D eigenvalue weighted by Gasteiger charge is -2.10. The molecule has 0 saturated carbocycles. The van der Waals surface area contributed by atoms with Crippen LogP contribution in [0.2, 0.25) is 0 Å². The zero-order chi connectivity index (χ0) is 22.4. The molecule has 0 aliphatic carbocycles. The number of thioether (sulfide) groups is 1. The van der Waals surface area contributed by atoms with Gasteiger partial charge in [0.05, 0.1) is 17.8 Å². The number of carbonyl (C=O) groups excluding carboxylic acids is 1. The number of methoxy groups -OCH3 is 1. The number of amides is 1. The molecule has 1 amide bonds. The van der Waals surface area contributed by atoms with E-state index in [0.717, 1.165) is 4.90 Å². The van der Waals surface area contributed by atoms with Gasteiger partial charge in [0.1, 0.15) is 5.75 Å². The Kier molecular flexibility index (Phi) is 7.13. The number of benzene rings is 2. The van der Waals surface area contributed by atoms with Crippen LogP contribution >= 0.6 is 11.8 Å². The van der Waals surface area contributed by atoms with Crippen LogP contribution in [0.1, 0.15) is 11.4 Å².